The predicted octanol–water partition coefficient (Wildman–Crippen LogP) is 2.97. The number of thioether (sulfide) groups is 1. The van der Waals surface area contributed by atoms with Gasteiger partial charge < -0.3 is 51.6 Å². The molecule has 0 aliphatic heterocycles. The number of carboxylic acid groups (broad SMARTS) is 2. The summed E-state index contributed by atoms with van der Waals surface area (Å²) in [5, 5.41) is 33.1. The minimum atomic E-state index is -4.78. The summed E-state index contributed by atoms with van der Waals surface area (Å²) in [4.78, 5) is 117. The van der Waals surface area contributed by atoms with Gasteiger partial charge in [0.15, 0.2) is 0 Å². The average Bonchev–Trinajstić information content (AvgIpc) is 3.22. The van der Waals surface area contributed by atoms with E-state index < -0.39 is 121 Å². The third-order valence-corrected chi connectivity index (χ3v) is 11.1. The SMILES string of the molecule is COc1ccc(CSC[C@@H](NC(=O)[C@H](CC(=O)O)NC(=O)CCC(=O)O)C(=O)N[C@@H](Cc2ccccc2C)C(=O)N[C@H](C(=O)N[C@@H](CC(C)C)C(=O)NC(C=O)CC(F)(F)F)C(C)(C)C)cc1. The number of methoxy groups -OCH3 is 1. The number of aliphatic carboxylic acids is 2. The first kappa shape index (κ1) is 56.9. The highest BCUT2D eigenvalue weighted by Crippen LogP contribution is 2.23. The third-order valence-electron chi connectivity index (χ3n) is 9.96. The summed E-state index contributed by atoms with van der Waals surface area (Å²) in [6.45, 7) is 9.92. The Morgan fingerprint density at radius 1 is 0.716 bits per heavy atom. The molecule has 2 aromatic rings. The molecule has 0 aliphatic carbocycles. The van der Waals surface area contributed by atoms with Gasteiger partial charge in [-0.1, -0.05) is 71.0 Å². The number of carbonyl (C=O) groups is 9. The number of rotatable bonds is 27. The zero-order chi connectivity index (χ0) is 50.6. The molecule has 6 atom stereocenters. The van der Waals surface area contributed by atoms with Gasteiger partial charge in [0.1, 0.15) is 42.2 Å². The lowest BCUT2D eigenvalue weighted by Gasteiger charge is -2.34. The Balaban J connectivity index is 2.54. The summed E-state index contributed by atoms with van der Waals surface area (Å²) in [5.41, 5.74) is 1.01. The molecular weight excluding hydrogens is 906 g/mol. The van der Waals surface area contributed by atoms with Crippen LogP contribution >= 0.6 is 11.8 Å². The summed E-state index contributed by atoms with van der Waals surface area (Å²) in [5.74, 6) is -8.17. The van der Waals surface area contributed by atoms with Crippen LogP contribution in [0.4, 0.5) is 13.2 Å². The van der Waals surface area contributed by atoms with Gasteiger partial charge in [0.05, 0.1) is 32.4 Å². The normalized spacial score (nSPS) is 14.2. The van der Waals surface area contributed by atoms with Crippen LogP contribution < -0.4 is 36.6 Å². The van der Waals surface area contributed by atoms with Crippen molar-refractivity contribution in [1.82, 2.24) is 31.9 Å². The van der Waals surface area contributed by atoms with E-state index in [1.54, 1.807) is 90.1 Å². The number of carboxylic acids is 2. The number of alkyl halides is 3. The Morgan fingerprint density at radius 2 is 1.28 bits per heavy atom. The summed E-state index contributed by atoms with van der Waals surface area (Å²) in [6.07, 6.45) is -8.82. The van der Waals surface area contributed by atoms with Gasteiger partial charge >= 0.3 is 18.1 Å². The van der Waals surface area contributed by atoms with Gasteiger partial charge in [-0.15, -0.1) is 0 Å². The van der Waals surface area contributed by atoms with Crippen molar-refractivity contribution in [3.05, 3.63) is 65.2 Å². The van der Waals surface area contributed by atoms with E-state index in [1.807, 2.05) is 5.32 Å². The summed E-state index contributed by atoms with van der Waals surface area (Å²) in [6, 6.07) is 4.38. The molecule has 18 nitrogen and oxygen atoms in total. The Kier molecular flexibility index (Phi) is 22.8. The molecule has 6 amide bonds. The number of ether oxygens (including phenoxy) is 1. The third kappa shape index (κ3) is 21.3. The van der Waals surface area contributed by atoms with E-state index in [9.17, 15) is 61.4 Å². The van der Waals surface area contributed by atoms with Gasteiger partial charge in [0, 0.05) is 24.3 Å². The second-order valence-corrected chi connectivity index (χ2v) is 18.3. The Morgan fingerprint density at radius 3 is 1.82 bits per heavy atom. The van der Waals surface area contributed by atoms with Gasteiger partial charge in [-0.3, -0.25) is 38.4 Å². The molecule has 0 aromatic heterocycles. The van der Waals surface area contributed by atoms with E-state index in [4.69, 9.17) is 9.84 Å². The molecule has 0 fully saturated rings. The lowest BCUT2D eigenvalue weighted by molar-refractivity contribution is -0.147. The molecule has 67 heavy (non-hydrogen) atoms. The lowest BCUT2D eigenvalue weighted by Crippen LogP contribution is -2.62. The van der Waals surface area contributed by atoms with Crippen molar-refractivity contribution in [3.63, 3.8) is 0 Å². The number of amides is 6. The van der Waals surface area contributed by atoms with Crippen LogP contribution in [-0.2, 0) is 55.3 Å². The van der Waals surface area contributed by atoms with Crippen molar-refractivity contribution >= 4 is 65.4 Å². The van der Waals surface area contributed by atoms with Crippen molar-refractivity contribution in [2.45, 2.75) is 128 Å². The minimum Gasteiger partial charge on any atom is -0.497 e. The fraction of sp³-hybridized carbons (Fsp3) is 0.533. The molecule has 0 saturated heterocycles. The maximum Gasteiger partial charge on any atom is 0.391 e. The molecule has 2 rings (SSSR count). The summed E-state index contributed by atoms with van der Waals surface area (Å²) >= 11 is 1.18. The second kappa shape index (κ2) is 26.8. The molecule has 0 aliphatic rings. The molecular formula is C45H61F3N6O12S. The quantitative estimate of drug-likeness (QED) is 0.0599. The van der Waals surface area contributed by atoms with E-state index in [0.29, 0.717) is 17.1 Å². The summed E-state index contributed by atoms with van der Waals surface area (Å²) < 4.78 is 44.5. The van der Waals surface area contributed by atoms with Gasteiger partial charge in [0.25, 0.3) is 0 Å². The van der Waals surface area contributed by atoms with E-state index >= 15 is 0 Å². The van der Waals surface area contributed by atoms with Crippen LogP contribution in [0, 0.1) is 18.3 Å². The molecule has 0 bridgehead atoms. The largest absolute Gasteiger partial charge is 0.497 e. The molecule has 2 aromatic carbocycles. The Labute approximate surface area is 391 Å². The second-order valence-electron chi connectivity index (χ2n) is 17.3. The van der Waals surface area contributed by atoms with Crippen molar-refractivity contribution < 1.29 is 71.3 Å². The minimum absolute atomic E-state index is 0.0606. The van der Waals surface area contributed by atoms with Crippen LogP contribution in [0.15, 0.2) is 48.5 Å². The molecule has 0 spiro atoms. The summed E-state index contributed by atoms with van der Waals surface area (Å²) in [7, 11) is 1.50. The fourth-order valence-electron chi connectivity index (χ4n) is 6.43. The topological polar surface area (TPSA) is 275 Å². The maximum atomic E-state index is 14.4. The first-order valence-electron chi connectivity index (χ1n) is 21.2. The highest BCUT2D eigenvalue weighted by atomic mass is 32.2. The number of carbonyl (C=O) groups excluding carboxylic acids is 7. The number of aryl methyl sites for hydroxylation is 1. The Hall–Kier alpha value is -6.19. The first-order chi connectivity index (χ1) is 31.2. The molecule has 8 N–H and O–H groups in total. The lowest BCUT2D eigenvalue weighted by atomic mass is 9.85. The van der Waals surface area contributed by atoms with Crippen LogP contribution in [0.5, 0.6) is 5.75 Å². The molecule has 370 valence electrons. The Bertz CT molecular complexity index is 2050. The van der Waals surface area contributed by atoms with E-state index in [1.165, 1.54) is 18.9 Å². The number of aldehydes is 1. The van der Waals surface area contributed by atoms with Gasteiger partial charge in [-0.25, -0.2) is 0 Å². The highest BCUT2D eigenvalue weighted by molar-refractivity contribution is 7.98. The van der Waals surface area contributed by atoms with Crippen LogP contribution in [0.1, 0.15) is 83.4 Å². The van der Waals surface area contributed by atoms with Crippen molar-refractivity contribution in [3.8, 4) is 5.75 Å². The van der Waals surface area contributed by atoms with E-state index in [-0.39, 0.29) is 30.8 Å². The van der Waals surface area contributed by atoms with Crippen LogP contribution in [0.25, 0.3) is 0 Å². The molecule has 0 heterocycles. The first-order valence-corrected chi connectivity index (χ1v) is 22.4. The molecule has 0 saturated carbocycles. The molecule has 22 heteroatoms. The van der Waals surface area contributed by atoms with Gasteiger partial charge in [0.2, 0.25) is 35.4 Å². The zero-order valence-electron chi connectivity index (χ0n) is 38.4. The van der Waals surface area contributed by atoms with Crippen LogP contribution in [0.3, 0.4) is 0 Å². The zero-order valence-corrected chi connectivity index (χ0v) is 39.2. The van der Waals surface area contributed by atoms with Crippen molar-refractivity contribution in [2.24, 2.45) is 11.3 Å². The maximum absolute atomic E-state index is 14.4. The standard InChI is InChI=1S/C45H61F3N6O12S/c1-25(2)18-31(39(61)49-29(22-55)21-45(46,47)48)52-43(65)38(44(4,5)6)54-41(63)32(19-28-11-9-8-10-26(28)3)51-42(64)34(24-67-23-27-12-14-30(66-7)15-13-27)53-40(62)33(20-37(59)60)50-35(56)16-17-36(57)58/h8-15,22,25,29,31-34,38H,16-21,23-24H2,1-7H3,(H,49,61)(H,50,56)(H,51,64)(H,52,65)(H,53,62)(H,54,63)(H,57,58)(H,59,60)/t29?,31-,32-,33-,34+,38+/m0/s1. The number of halogens is 3. The molecule has 0 radical (unpaired) electrons. The monoisotopic (exact) mass is 966 g/mol. The number of benzene rings is 2. The van der Waals surface area contributed by atoms with Crippen molar-refractivity contribution in [1.29, 1.82) is 0 Å². The van der Waals surface area contributed by atoms with Crippen LogP contribution in [-0.4, -0.2) is 119 Å². The van der Waals surface area contributed by atoms with Crippen molar-refractivity contribution in [2.75, 3.05) is 12.9 Å². The van der Waals surface area contributed by atoms with E-state index in [2.05, 4.69) is 26.6 Å². The predicted molar refractivity (Wildman–Crippen MR) is 240 cm³/mol. The van der Waals surface area contributed by atoms with E-state index in [0.717, 1.165) is 11.1 Å². The van der Waals surface area contributed by atoms with Crippen LogP contribution in [0.2, 0.25) is 0 Å². The number of hydrogen-bond donors (Lipinski definition) is 8. The number of nitrogens with one attached hydrogen (secondary N) is 6. The fourth-order valence-corrected chi connectivity index (χ4v) is 7.44. The smallest absolute Gasteiger partial charge is 0.391 e. The average molecular weight is 967 g/mol. The number of hydrogen-bond acceptors (Lipinski definition) is 11. The van der Waals surface area contributed by atoms with Gasteiger partial charge in [-0.05, 0) is 53.5 Å². The van der Waals surface area contributed by atoms with Gasteiger partial charge in [-0.2, -0.15) is 24.9 Å². The molecule has 1 unspecified atom stereocenters. The highest BCUT2D eigenvalue weighted by Gasteiger charge is 2.39.